The molecular formula is C14H19FO3. The van der Waals surface area contributed by atoms with Crippen molar-refractivity contribution in [1.82, 2.24) is 0 Å². The summed E-state index contributed by atoms with van der Waals surface area (Å²) in [6, 6.07) is 5.67. The van der Waals surface area contributed by atoms with Crippen molar-refractivity contribution >= 4 is 5.97 Å². The number of rotatable bonds is 6. The van der Waals surface area contributed by atoms with Gasteiger partial charge in [0.05, 0.1) is 19.1 Å². The Bertz CT molecular complexity index is 392. The molecule has 0 bridgehead atoms. The van der Waals surface area contributed by atoms with E-state index in [9.17, 15) is 14.3 Å². The first-order chi connectivity index (χ1) is 8.60. The van der Waals surface area contributed by atoms with Crippen molar-refractivity contribution in [3.8, 4) is 0 Å². The second-order valence-electron chi connectivity index (χ2n) is 4.27. The zero-order valence-corrected chi connectivity index (χ0v) is 10.7. The smallest absolute Gasteiger partial charge is 0.311 e. The van der Waals surface area contributed by atoms with E-state index in [0.717, 1.165) is 12.8 Å². The maximum Gasteiger partial charge on any atom is 0.311 e. The number of unbranched alkanes of at least 4 members (excludes halogenated alkanes) is 1. The number of carbonyl (C=O) groups is 1. The van der Waals surface area contributed by atoms with Gasteiger partial charge in [-0.3, -0.25) is 4.79 Å². The van der Waals surface area contributed by atoms with E-state index in [4.69, 9.17) is 0 Å². The van der Waals surface area contributed by atoms with E-state index in [1.165, 1.54) is 25.3 Å². The molecule has 1 aromatic carbocycles. The Balaban J connectivity index is 2.87. The number of hydrogen-bond acceptors (Lipinski definition) is 3. The summed E-state index contributed by atoms with van der Waals surface area (Å²) in [4.78, 5) is 11.6. The van der Waals surface area contributed by atoms with Gasteiger partial charge in [-0.1, -0.05) is 31.9 Å². The SMILES string of the molecule is CCCCC(C(=O)OC)C(O)c1cccc(F)c1. The third-order valence-electron chi connectivity index (χ3n) is 2.94. The Labute approximate surface area is 107 Å². The minimum atomic E-state index is -1.03. The van der Waals surface area contributed by atoms with E-state index in [1.54, 1.807) is 6.07 Å². The monoisotopic (exact) mass is 254 g/mol. The van der Waals surface area contributed by atoms with Gasteiger partial charge in [0, 0.05) is 0 Å². The van der Waals surface area contributed by atoms with Gasteiger partial charge >= 0.3 is 5.97 Å². The van der Waals surface area contributed by atoms with E-state index < -0.39 is 23.8 Å². The second kappa shape index (κ2) is 7.11. The van der Waals surface area contributed by atoms with Crippen molar-refractivity contribution in [2.45, 2.75) is 32.3 Å². The Morgan fingerprint density at radius 2 is 2.22 bits per heavy atom. The molecule has 0 fully saturated rings. The van der Waals surface area contributed by atoms with Crippen LogP contribution >= 0.6 is 0 Å². The lowest BCUT2D eigenvalue weighted by atomic mass is 9.91. The van der Waals surface area contributed by atoms with Crippen molar-refractivity contribution in [2.24, 2.45) is 5.92 Å². The van der Waals surface area contributed by atoms with Crippen LogP contribution in [0.5, 0.6) is 0 Å². The van der Waals surface area contributed by atoms with Crippen LogP contribution < -0.4 is 0 Å². The molecule has 1 N–H and O–H groups in total. The number of carbonyl (C=O) groups excluding carboxylic acids is 1. The van der Waals surface area contributed by atoms with Crippen LogP contribution in [-0.2, 0) is 9.53 Å². The molecule has 0 radical (unpaired) electrons. The molecule has 100 valence electrons. The lowest BCUT2D eigenvalue weighted by Crippen LogP contribution is -2.23. The minimum absolute atomic E-state index is 0.404. The number of benzene rings is 1. The first-order valence-electron chi connectivity index (χ1n) is 6.11. The molecule has 2 atom stereocenters. The summed E-state index contributed by atoms with van der Waals surface area (Å²) in [5.41, 5.74) is 0.404. The number of aliphatic hydroxyl groups is 1. The number of halogens is 1. The fourth-order valence-corrected chi connectivity index (χ4v) is 1.90. The predicted octanol–water partition coefficient (Wildman–Crippen LogP) is 2.84. The average molecular weight is 254 g/mol. The fraction of sp³-hybridized carbons (Fsp3) is 0.500. The Morgan fingerprint density at radius 3 is 2.78 bits per heavy atom. The standard InChI is InChI=1S/C14H19FO3/c1-3-4-8-12(14(17)18-2)13(16)10-6-5-7-11(15)9-10/h5-7,9,12-13,16H,3-4,8H2,1-2H3. The molecule has 18 heavy (non-hydrogen) atoms. The zero-order valence-electron chi connectivity index (χ0n) is 10.7. The molecule has 0 amide bonds. The van der Waals surface area contributed by atoms with Gasteiger partial charge in [-0.05, 0) is 24.1 Å². The van der Waals surface area contributed by atoms with Crippen LogP contribution in [0.1, 0.15) is 37.9 Å². The van der Waals surface area contributed by atoms with Crippen molar-refractivity contribution in [3.63, 3.8) is 0 Å². The molecule has 1 rings (SSSR count). The Morgan fingerprint density at radius 1 is 1.50 bits per heavy atom. The molecule has 0 aliphatic heterocycles. The van der Waals surface area contributed by atoms with Gasteiger partial charge in [0.15, 0.2) is 0 Å². The summed E-state index contributed by atoms with van der Waals surface area (Å²) in [6.07, 6.45) is 1.23. The first-order valence-corrected chi connectivity index (χ1v) is 6.11. The highest BCUT2D eigenvalue weighted by Gasteiger charge is 2.28. The quantitative estimate of drug-likeness (QED) is 0.794. The molecule has 0 aromatic heterocycles. The van der Waals surface area contributed by atoms with Crippen molar-refractivity contribution in [1.29, 1.82) is 0 Å². The van der Waals surface area contributed by atoms with Crippen LogP contribution in [0.2, 0.25) is 0 Å². The predicted molar refractivity (Wildman–Crippen MR) is 66.4 cm³/mol. The number of methoxy groups -OCH3 is 1. The van der Waals surface area contributed by atoms with Gasteiger partial charge in [0.1, 0.15) is 5.82 Å². The fourth-order valence-electron chi connectivity index (χ4n) is 1.90. The highest BCUT2D eigenvalue weighted by molar-refractivity contribution is 5.73. The maximum atomic E-state index is 13.1. The van der Waals surface area contributed by atoms with Crippen LogP contribution in [0.4, 0.5) is 4.39 Å². The van der Waals surface area contributed by atoms with Gasteiger partial charge in [-0.25, -0.2) is 4.39 Å². The van der Waals surface area contributed by atoms with Gasteiger partial charge < -0.3 is 9.84 Å². The van der Waals surface area contributed by atoms with Gasteiger partial charge in [-0.15, -0.1) is 0 Å². The molecule has 0 saturated heterocycles. The van der Waals surface area contributed by atoms with Crippen LogP contribution in [0.3, 0.4) is 0 Å². The van der Waals surface area contributed by atoms with Crippen LogP contribution in [0.15, 0.2) is 24.3 Å². The second-order valence-corrected chi connectivity index (χ2v) is 4.27. The minimum Gasteiger partial charge on any atom is -0.469 e. The Hall–Kier alpha value is -1.42. The topological polar surface area (TPSA) is 46.5 Å². The molecule has 0 aliphatic rings. The lowest BCUT2D eigenvalue weighted by molar-refractivity contribution is -0.150. The molecule has 0 spiro atoms. The number of aliphatic hydroxyl groups excluding tert-OH is 1. The lowest BCUT2D eigenvalue weighted by Gasteiger charge is -2.20. The summed E-state index contributed by atoms with van der Waals surface area (Å²) >= 11 is 0. The average Bonchev–Trinajstić information content (AvgIpc) is 2.38. The molecule has 4 heteroatoms. The number of ether oxygens (including phenoxy) is 1. The third-order valence-corrected chi connectivity index (χ3v) is 2.94. The van der Waals surface area contributed by atoms with Crippen molar-refractivity contribution < 1.29 is 19.0 Å². The Kier molecular flexibility index (Phi) is 5.78. The van der Waals surface area contributed by atoms with E-state index in [-0.39, 0.29) is 0 Å². The maximum absolute atomic E-state index is 13.1. The van der Waals surface area contributed by atoms with Gasteiger partial charge in [-0.2, -0.15) is 0 Å². The summed E-state index contributed by atoms with van der Waals surface area (Å²) in [5.74, 6) is -1.53. The summed E-state index contributed by atoms with van der Waals surface area (Å²) < 4.78 is 17.8. The number of hydrogen-bond donors (Lipinski definition) is 1. The molecule has 1 aromatic rings. The van der Waals surface area contributed by atoms with Gasteiger partial charge in [0.2, 0.25) is 0 Å². The highest BCUT2D eigenvalue weighted by Crippen LogP contribution is 2.27. The highest BCUT2D eigenvalue weighted by atomic mass is 19.1. The third kappa shape index (κ3) is 3.81. The normalized spacial score (nSPS) is 14.0. The van der Waals surface area contributed by atoms with E-state index in [1.807, 2.05) is 6.92 Å². The van der Waals surface area contributed by atoms with Crippen LogP contribution in [0.25, 0.3) is 0 Å². The molecular weight excluding hydrogens is 235 g/mol. The summed E-state index contributed by atoms with van der Waals surface area (Å²) in [6.45, 7) is 2.00. The molecule has 2 unspecified atom stereocenters. The van der Waals surface area contributed by atoms with Crippen molar-refractivity contribution in [3.05, 3.63) is 35.6 Å². The molecule has 0 aliphatic carbocycles. The molecule has 3 nitrogen and oxygen atoms in total. The molecule has 0 saturated carbocycles. The van der Waals surface area contributed by atoms with E-state index in [2.05, 4.69) is 4.74 Å². The zero-order chi connectivity index (χ0) is 13.5. The first kappa shape index (κ1) is 14.6. The summed E-state index contributed by atoms with van der Waals surface area (Å²) in [7, 11) is 1.29. The van der Waals surface area contributed by atoms with Crippen molar-refractivity contribution in [2.75, 3.05) is 7.11 Å². The van der Waals surface area contributed by atoms with E-state index >= 15 is 0 Å². The number of esters is 1. The van der Waals surface area contributed by atoms with Gasteiger partial charge in [0.25, 0.3) is 0 Å². The summed E-state index contributed by atoms with van der Waals surface area (Å²) in [5, 5.41) is 10.2. The van der Waals surface area contributed by atoms with Crippen LogP contribution in [0, 0.1) is 11.7 Å². The van der Waals surface area contributed by atoms with E-state index in [0.29, 0.717) is 12.0 Å². The molecule has 0 heterocycles. The largest absolute Gasteiger partial charge is 0.469 e. The van der Waals surface area contributed by atoms with Crippen LogP contribution in [-0.4, -0.2) is 18.2 Å².